The van der Waals surface area contributed by atoms with Crippen LogP contribution >= 0.6 is 11.8 Å². The second-order valence-electron chi connectivity index (χ2n) is 2.63. The molecule has 1 rings (SSSR count). The molecule has 0 unspecified atom stereocenters. The minimum atomic E-state index is 0.181. The summed E-state index contributed by atoms with van der Waals surface area (Å²) in [7, 11) is 1.66. The van der Waals surface area contributed by atoms with E-state index >= 15 is 0 Å². The topological polar surface area (TPSA) is 29.5 Å². The van der Waals surface area contributed by atoms with Crippen molar-refractivity contribution in [2.24, 2.45) is 0 Å². The summed E-state index contributed by atoms with van der Waals surface area (Å²) < 4.78 is 5.22. The molecule has 0 heterocycles. The molecule has 2 nitrogen and oxygen atoms in total. The number of hydrogen-bond donors (Lipinski definition) is 1. The van der Waals surface area contributed by atoms with E-state index in [0.29, 0.717) is 6.42 Å². The number of aliphatic hydroxyl groups is 1. The van der Waals surface area contributed by atoms with E-state index in [0.717, 1.165) is 16.2 Å². The molecule has 0 bridgehead atoms. The highest BCUT2D eigenvalue weighted by molar-refractivity contribution is 7.98. The molecule has 0 aliphatic heterocycles. The Labute approximate surface area is 82.9 Å². The Balaban J connectivity index is 3.03. The molecule has 0 amide bonds. The van der Waals surface area contributed by atoms with Gasteiger partial charge in [-0.3, -0.25) is 0 Å². The Morgan fingerprint density at radius 2 is 2.23 bits per heavy atom. The lowest BCUT2D eigenvalue weighted by Crippen LogP contribution is -1.95. The molecule has 0 aromatic heterocycles. The largest absolute Gasteiger partial charge is 0.496 e. The first-order valence-corrected chi connectivity index (χ1v) is 5.36. The van der Waals surface area contributed by atoms with Crippen LogP contribution in [0.3, 0.4) is 0 Å². The van der Waals surface area contributed by atoms with Crippen molar-refractivity contribution in [1.29, 1.82) is 0 Å². The van der Waals surface area contributed by atoms with Gasteiger partial charge in [-0.2, -0.15) is 0 Å². The van der Waals surface area contributed by atoms with Crippen molar-refractivity contribution in [3.05, 3.63) is 23.8 Å². The summed E-state index contributed by atoms with van der Waals surface area (Å²) in [6, 6.07) is 5.90. The highest BCUT2D eigenvalue weighted by atomic mass is 32.2. The van der Waals surface area contributed by atoms with Crippen LogP contribution in [0.4, 0.5) is 0 Å². The van der Waals surface area contributed by atoms with Gasteiger partial charge in [-0.1, -0.05) is 12.1 Å². The summed E-state index contributed by atoms with van der Waals surface area (Å²) in [6.45, 7) is 0.181. The summed E-state index contributed by atoms with van der Waals surface area (Å²) >= 11 is 1.65. The Hall–Kier alpha value is -0.670. The fourth-order valence-electron chi connectivity index (χ4n) is 1.27. The Morgan fingerprint density at radius 1 is 1.46 bits per heavy atom. The molecule has 13 heavy (non-hydrogen) atoms. The quantitative estimate of drug-likeness (QED) is 0.750. The molecular formula is C10H14O2S. The van der Waals surface area contributed by atoms with Crippen molar-refractivity contribution in [3.8, 4) is 5.75 Å². The number of hydrogen-bond acceptors (Lipinski definition) is 3. The van der Waals surface area contributed by atoms with Gasteiger partial charge in [0.05, 0.1) is 12.0 Å². The zero-order valence-corrected chi connectivity index (χ0v) is 8.73. The van der Waals surface area contributed by atoms with Crippen molar-refractivity contribution in [2.45, 2.75) is 11.3 Å². The third-order valence-corrected chi connectivity index (χ3v) is 2.74. The van der Waals surface area contributed by atoms with Crippen LogP contribution in [0.15, 0.2) is 23.1 Å². The molecule has 3 heteroatoms. The van der Waals surface area contributed by atoms with E-state index in [1.807, 2.05) is 24.5 Å². The third kappa shape index (κ3) is 2.39. The maximum atomic E-state index is 8.85. The highest BCUT2D eigenvalue weighted by Crippen LogP contribution is 2.31. The number of methoxy groups -OCH3 is 1. The molecule has 1 aromatic carbocycles. The summed E-state index contributed by atoms with van der Waals surface area (Å²) in [6.07, 6.45) is 2.70. The smallest absolute Gasteiger partial charge is 0.132 e. The van der Waals surface area contributed by atoms with E-state index in [1.165, 1.54) is 0 Å². The Bertz CT molecular complexity index is 274. The molecule has 0 atom stereocenters. The fraction of sp³-hybridized carbons (Fsp3) is 0.400. The summed E-state index contributed by atoms with van der Waals surface area (Å²) in [5.41, 5.74) is 1.15. The number of thioether (sulfide) groups is 1. The molecule has 1 aromatic rings. The second kappa shape index (κ2) is 5.14. The van der Waals surface area contributed by atoms with Gasteiger partial charge in [0, 0.05) is 6.61 Å². The maximum Gasteiger partial charge on any atom is 0.132 e. The second-order valence-corrected chi connectivity index (χ2v) is 3.44. The number of ether oxygens (including phenoxy) is 1. The summed E-state index contributed by atoms with van der Waals surface area (Å²) in [4.78, 5) is 1.12. The van der Waals surface area contributed by atoms with Gasteiger partial charge in [-0.25, -0.2) is 0 Å². The van der Waals surface area contributed by atoms with Gasteiger partial charge in [0.1, 0.15) is 5.75 Å². The Morgan fingerprint density at radius 3 is 2.77 bits per heavy atom. The molecule has 0 spiro atoms. The van der Waals surface area contributed by atoms with E-state index < -0.39 is 0 Å². The van der Waals surface area contributed by atoms with Crippen molar-refractivity contribution in [3.63, 3.8) is 0 Å². The summed E-state index contributed by atoms with van der Waals surface area (Å²) in [5.74, 6) is 0.887. The molecule has 0 aliphatic carbocycles. The van der Waals surface area contributed by atoms with Gasteiger partial charge in [0.25, 0.3) is 0 Å². The van der Waals surface area contributed by atoms with E-state index in [9.17, 15) is 0 Å². The number of rotatable bonds is 4. The van der Waals surface area contributed by atoms with E-state index in [2.05, 4.69) is 0 Å². The number of aliphatic hydroxyl groups excluding tert-OH is 1. The molecular weight excluding hydrogens is 184 g/mol. The minimum Gasteiger partial charge on any atom is -0.496 e. The predicted octanol–water partition coefficient (Wildman–Crippen LogP) is 1.95. The van der Waals surface area contributed by atoms with Crippen molar-refractivity contribution >= 4 is 11.8 Å². The highest BCUT2D eigenvalue weighted by Gasteiger charge is 2.06. The fourth-order valence-corrected chi connectivity index (χ4v) is 2.06. The van der Waals surface area contributed by atoms with Crippen LogP contribution < -0.4 is 4.74 Å². The number of benzene rings is 1. The van der Waals surface area contributed by atoms with Crippen LogP contribution in [0.1, 0.15) is 5.56 Å². The predicted molar refractivity (Wildman–Crippen MR) is 55.6 cm³/mol. The van der Waals surface area contributed by atoms with Gasteiger partial charge in [0.2, 0.25) is 0 Å². The monoisotopic (exact) mass is 198 g/mol. The molecule has 1 N–H and O–H groups in total. The van der Waals surface area contributed by atoms with Crippen LogP contribution in [-0.4, -0.2) is 25.1 Å². The third-order valence-electron chi connectivity index (χ3n) is 1.87. The first-order chi connectivity index (χ1) is 6.33. The van der Waals surface area contributed by atoms with Crippen molar-refractivity contribution in [2.75, 3.05) is 20.0 Å². The first-order valence-electron chi connectivity index (χ1n) is 4.14. The zero-order valence-electron chi connectivity index (χ0n) is 7.91. The SMILES string of the molecule is COc1cccc(CCO)c1SC. The normalized spacial score (nSPS) is 10.1. The van der Waals surface area contributed by atoms with Crippen LogP contribution in [0.5, 0.6) is 5.75 Å². The lowest BCUT2D eigenvalue weighted by atomic mass is 10.1. The van der Waals surface area contributed by atoms with Crippen LogP contribution in [0, 0.1) is 0 Å². The minimum absolute atomic E-state index is 0.181. The molecule has 72 valence electrons. The van der Waals surface area contributed by atoms with E-state index in [1.54, 1.807) is 18.9 Å². The molecule has 0 saturated heterocycles. The standard InChI is InChI=1S/C10H14O2S/c1-12-9-5-3-4-8(6-7-11)10(9)13-2/h3-5,11H,6-7H2,1-2H3. The molecule has 0 aliphatic rings. The van der Waals surface area contributed by atoms with Gasteiger partial charge in [0.15, 0.2) is 0 Å². The summed E-state index contributed by atoms with van der Waals surface area (Å²) in [5, 5.41) is 8.85. The van der Waals surface area contributed by atoms with Gasteiger partial charge in [-0.05, 0) is 24.3 Å². The van der Waals surface area contributed by atoms with E-state index in [4.69, 9.17) is 9.84 Å². The van der Waals surface area contributed by atoms with Crippen molar-refractivity contribution < 1.29 is 9.84 Å². The van der Waals surface area contributed by atoms with Crippen molar-refractivity contribution in [1.82, 2.24) is 0 Å². The van der Waals surface area contributed by atoms with Crippen LogP contribution in [0.25, 0.3) is 0 Å². The maximum absolute atomic E-state index is 8.85. The zero-order chi connectivity index (χ0) is 9.68. The van der Waals surface area contributed by atoms with Gasteiger partial charge in [-0.15, -0.1) is 11.8 Å². The van der Waals surface area contributed by atoms with E-state index in [-0.39, 0.29) is 6.61 Å². The molecule has 0 fully saturated rings. The van der Waals surface area contributed by atoms with Crippen LogP contribution in [0.2, 0.25) is 0 Å². The van der Waals surface area contributed by atoms with Gasteiger partial charge >= 0.3 is 0 Å². The first kappa shape index (κ1) is 10.4. The average molecular weight is 198 g/mol. The molecule has 0 saturated carbocycles. The lowest BCUT2D eigenvalue weighted by Gasteiger charge is -2.10. The Kier molecular flexibility index (Phi) is 4.12. The molecule has 0 radical (unpaired) electrons. The van der Waals surface area contributed by atoms with Crippen LogP contribution in [-0.2, 0) is 6.42 Å². The van der Waals surface area contributed by atoms with Gasteiger partial charge < -0.3 is 9.84 Å². The average Bonchev–Trinajstić information content (AvgIpc) is 2.18. The lowest BCUT2D eigenvalue weighted by molar-refractivity contribution is 0.298.